The number of likely N-dealkylation sites (tertiary alicyclic amines) is 2. The molecule has 24 heavy (non-hydrogen) atoms. The fourth-order valence-electron chi connectivity index (χ4n) is 4.09. The second-order valence-corrected chi connectivity index (χ2v) is 7.09. The Morgan fingerprint density at radius 3 is 2.88 bits per heavy atom. The average Bonchev–Trinajstić information content (AvgIpc) is 2.96. The molecule has 5 heteroatoms. The van der Waals surface area contributed by atoms with Crippen molar-refractivity contribution in [1.82, 2.24) is 9.80 Å². The summed E-state index contributed by atoms with van der Waals surface area (Å²) in [4.78, 5) is 16.2. The van der Waals surface area contributed by atoms with Crippen LogP contribution >= 0.6 is 0 Å². The first-order valence-electron chi connectivity index (χ1n) is 8.57. The molecule has 0 unspecified atom stereocenters. The zero-order chi connectivity index (χ0) is 17.2. The lowest BCUT2D eigenvalue weighted by Gasteiger charge is -2.40. The summed E-state index contributed by atoms with van der Waals surface area (Å²) in [6, 6.07) is 4.35. The molecule has 2 heterocycles. The van der Waals surface area contributed by atoms with Gasteiger partial charge in [0, 0.05) is 43.6 Å². The van der Waals surface area contributed by atoms with Gasteiger partial charge in [-0.3, -0.25) is 9.69 Å². The normalized spacial score (nSPS) is 24.5. The van der Waals surface area contributed by atoms with E-state index >= 15 is 0 Å². The number of halogens is 2. The maximum atomic E-state index is 13.9. The van der Waals surface area contributed by atoms with E-state index in [9.17, 15) is 13.6 Å². The van der Waals surface area contributed by atoms with Crippen LogP contribution in [0, 0.1) is 17.0 Å². The zero-order valence-corrected chi connectivity index (χ0v) is 13.9. The Bertz CT molecular complexity index is 634. The van der Waals surface area contributed by atoms with Crippen LogP contribution in [-0.2, 0) is 11.3 Å². The van der Waals surface area contributed by atoms with Crippen LogP contribution in [-0.4, -0.2) is 41.9 Å². The minimum absolute atomic E-state index is 0.0961. The number of carbonyl (C=O) groups is 1. The van der Waals surface area contributed by atoms with E-state index < -0.39 is 11.6 Å². The smallest absolute Gasteiger partial charge is 0.226 e. The summed E-state index contributed by atoms with van der Waals surface area (Å²) in [5, 5.41) is 0. The van der Waals surface area contributed by atoms with E-state index in [4.69, 9.17) is 0 Å². The molecule has 2 saturated heterocycles. The van der Waals surface area contributed by atoms with E-state index in [1.54, 1.807) is 18.2 Å². The third kappa shape index (κ3) is 3.51. The van der Waals surface area contributed by atoms with Gasteiger partial charge >= 0.3 is 0 Å². The van der Waals surface area contributed by atoms with Crippen LogP contribution in [0.3, 0.4) is 0 Å². The van der Waals surface area contributed by atoms with Gasteiger partial charge in [-0.25, -0.2) is 8.78 Å². The fraction of sp³-hybridized carbons (Fsp3) is 0.526. The molecule has 1 aromatic rings. The number of rotatable bonds is 4. The van der Waals surface area contributed by atoms with Gasteiger partial charge in [-0.05, 0) is 31.9 Å². The second-order valence-electron chi connectivity index (χ2n) is 7.09. The topological polar surface area (TPSA) is 23.6 Å². The molecule has 1 atom stereocenters. The molecule has 0 aliphatic carbocycles. The summed E-state index contributed by atoms with van der Waals surface area (Å²) in [5.74, 6) is -1.40. The summed E-state index contributed by atoms with van der Waals surface area (Å²) >= 11 is 0. The van der Waals surface area contributed by atoms with Gasteiger partial charge in [-0.2, -0.15) is 0 Å². The van der Waals surface area contributed by atoms with Crippen molar-refractivity contribution in [3.05, 3.63) is 48.1 Å². The van der Waals surface area contributed by atoms with Crippen LogP contribution in [0.25, 0.3) is 0 Å². The first kappa shape index (κ1) is 17.1. The van der Waals surface area contributed by atoms with Crippen molar-refractivity contribution in [2.75, 3.05) is 26.2 Å². The van der Waals surface area contributed by atoms with Crippen molar-refractivity contribution in [2.24, 2.45) is 5.41 Å². The predicted octanol–water partition coefficient (Wildman–Crippen LogP) is 3.36. The number of hydrogen-bond donors (Lipinski definition) is 0. The van der Waals surface area contributed by atoms with Crippen LogP contribution in [0.4, 0.5) is 8.78 Å². The first-order chi connectivity index (χ1) is 11.5. The molecule has 3 nitrogen and oxygen atoms in total. The van der Waals surface area contributed by atoms with Gasteiger partial charge in [-0.1, -0.05) is 18.2 Å². The molecule has 2 fully saturated rings. The van der Waals surface area contributed by atoms with E-state index in [1.807, 2.05) is 4.90 Å². The summed E-state index contributed by atoms with van der Waals surface area (Å²) < 4.78 is 27.3. The molecule has 0 saturated carbocycles. The van der Waals surface area contributed by atoms with Crippen LogP contribution in [0.15, 0.2) is 30.9 Å². The number of nitrogens with zero attached hydrogens (tertiary/aromatic N) is 2. The molecule has 1 spiro atoms. The summed E-state index contributed by atoms with van der Waals surface area (Å²) in [6.07, 6.45) is 5.13. The van der Waals surface area contributed by atoms with Crippen molar-refractivity contribution < 1.29 is 13.6 Å². The molecule has 2 aliphatic rings. The minimum atomic E-state index is -0.790. The Morgan fingerprint density at radius 2 is 2.08 bits per heavy atom. The van der Waals surface area contributed by atoms with Gasteiger partial charge in [0.1, 0.15) is 0 Å². The molecule has 0 N–H and O–H groups in total. The van der Waals surface area contributed by atoms with Gasteiger partial charge in [0.05, 0.1) is 0 Å². The summed E-state index contributed by atoms with van der Waals surface area (Å²) in [5.41, 5.74) is 0.503. The van der Waals surface area contributed by atoms with Crippen molar-refractivity contribution in [3.63, 3.8) is 0 Å². The Labute approximate surface area is 141 Å². The lowest BCUT2D eigenvalue weighted by Crippen LogP contribution is -2.45. The highest BCUT2D eigenvalue weighted by molar-refractivity contribution is 5.78. The molecule has 0 bridgehead atoms. The van der Waals surface area contributed by atoms with Gasteiger partial charge in [-0.15, -0.1) is 6.58 Å². The maximum absolute atomic E-state index is 13.9. The van der Waals surface area contributed by atoms with Gasteiger partial charge < -0.3 is 4.90 Å². The van der Waals surface area contributed by atoms with E-state index in [-0.39, 0.29) is 11.3 Å². The van der Waals surface area contributed by atoms with Crippen LogP contribution in [0.5, 0.6) is 0 Å². The summed E-state index contributed by atoms with van der Waals surface area (Å²) in [6.45, 7) is 7.32. The molecule has 3 rings (SSSR count). The van der Waals surface area contributed by atoms with Gasteiger partial charge in [0.25, 0.3) is 0 Å². The Morgan fingerprint density at radius 1 is 1.25 bits per heavy atom. The third-order valence-electron chi connectivity index (χ3n) is 5.28. The molecule has 2 aliphatic heterocycles. The molecule has 1 aromatic carbocycles. The predicted molar refractivity (Wildman–Crippen MR) is 89.3 cm³/mol. The first-order valence-corrected chi connectivity index (χ1v) is 8.57. The van der Waals surface area contributed by atoms with E-state index in [0.717, 1.165) is 51.5 Å². The lowest BCUT2D eigenvalue weighted by molar-refractivity contribution is -0.129. The largest absolute Gasteiger partial charge is 0.342 e. The second kappa shape index (κ2) is 7.01. The van der Waals surface area contributed by atoms with E-state index in [2.05, 4.69) is 11.5 Å². The third-order valence-corrected chi connectivity index (χ3v) is 5.28. The summed E-state index contributed by atoms with van der Waals surface area (Å²) in [7, 11) is 0. The van der Waals surface area contributed by atoms with Gasteiger partial charge in [0.2, 0.25) is 5.91 Å². The van der Waals surface area contributed by atoms with Crippen molar-refractivity contribution in [2.45, 2.75) is 32.2 Å². The Balaban J connectivity index is 1.65. The van der Waals surface area contributed by atoms with Crippen molar-refractivity contribution in [3.8, 4) is 0 Å². The number of hydrogen-bond acceptors (Lipinski definition) is 2. The monoisotopic (exact) mass is 334 g/mol. The number of benzene rings is 1. The standard InChI is InChI=1S/C19H24F2N2O/c1-2-5-17(24)23-11-9-19(14-23)8-4-10-22(13-19)12-15-6-3-7-16(20)18(15)21/h2-3,6-7H,1,4-5,8-14H2/t19-/m1/s1. The molecule has 0 radical (unpaired) electrons. The van der Waals surface area contributed by atoms with Crippen molar-refractivity contribution in [1.29, 1.82) is 0 Å². The molecule has 130 valence electrons. The average molecular weight is 334 g/mol. The molecular weight excluding hydrogens is 310 g/mol. The highest BCUT2D eigenvalue weighted by Gasteiger charge is 2.42. The highest BCUT2D eigenvalue weighted by Crippen LogP contribution is 2.39. The molecule has 1 amide bonds. The van der Waals surface area contributed by atoms with Crippen LogP contribution < -0.4 is 0 Å². The number of carbonyl (C=O) groups excluding carboxylic acids is 1. The number of piperidine rings is 1. The van der Waals surface area contributed by atoms with Crippen molar-refractivity contribution >= 4 is 5.91 Å². The van der Waals surface area contributed by atoms with Gasteiger partial charge in [0.15, 0.2) is 11.6 Å². The quantitative estimate of drug-likeness (QED) is 0.789. The molecule has 0 aromatic heterocycles. The minimum Gasteiger partial charge on any atom is -0.342 e. The van der Waals surface area contributed by atoms with E-state index in [1.165, 1.54) is 0 Å². The Hall–Kier alpha value is -1.75. The lowest BCUT2D eigenvalue weighted by atomic mass is 9.79. The fourth-order valence-corrected chi connectivity index (χ4v) is 4.09. The Kier molecular flexibility index (Phi) is 4.99. The molecular formula is C19H24F2N2O. The van der Waals surface area contributed by atoms with Crippen LogP contribution in [0.1, 0.15) is 31.2 Å². The van der Waals surface area contributed by atoms with E-state index in [0.29, 0.717) is 18.5 Å². The number of amides is 1. The SMILES string of the molecule is C=CCC(=O)N1CC[C@@]2(CCCN(Cc3cccc(F)c3F)C2)C1. The maximum Gasteiger partial charge on any atom is 0.226 e. The van der Waals surface area contributed by atoms with Crippen LogP contribution in [0.2, 0.25) is 0 Å². The highest BCUT2D eigenvalue weighted by atomic mass is 19.2. The zero-order valence-electron chi connectivity index (χ0n) is 13.9.